The lowest BCUT2D eigenvalue weighted by atomic mass is 10.1. The minimum Gasteiger partial charge on any atom is -0.481 e. The zero-order valence-electron chi connectivity index (χ0n) is 17.1. The molecule has 0 rings (SSSR count). The van der Waals surface area contributed by atoms with Crippen molar-refractivity contribution in [3.63, 3.8) is 0 Å². The van der Waals surface area contributed by atoms with Crippen LogP contribution in [-0.4, -0.2) is 93.5 Å². The topological polar surface area (TPSA) is 254 Å². The molecule has 31 heavy (non-hydrogen) atoms. The summed E-state index contributed by atoms with van der Waals surface area (Å²) in [6.45, 7) is 0.744. The first-order valence-electron chi connectivity index (χ1n) is 9.54. The van der Waals surface area contributed by atoms with Crippen molar-refractivity contribution in [1.29, 1.82) is 0 Å². The molecule has 0 aromatic carbocycles. The first kappa shape index (κ1) is 28.2. The summed E-state index contributed by atoms with van der Waals surface area (Å²) in [6, 6.07) is -6.01. The highest BCUT2D eigenvalue weighted by Gasteiger charge is 2.33. The van der Waals surface area contributed by atoms with Gasteiger partial charge < -0.3 is 47.8 Å². The normalized spacial score (nSPS) is 15.6. The number of hydrogen-bond acceptors (Lipinski definition) is 9. The van der Waals surface area contributed by atoms with E-state index < -0.39 is 73.0 Å². The molecule has 0 radical (unpaired) electrons. The minimum absolute atomic E-state index is 0.0391. The van der Waals surface area contributed by atoms with Crippen LogP contribution in [0.5, 0.6) is 0 Å². The van der Waals surface area contributed by atoms with E-state index in [1.807, 2.05) is 0 Å². The van der Waals surface area contributed by atoms with E-state index >= 15 is 0 Å². The van der Waals surface area contributed by atoms with Crippen molar-refractivity contribution >= 4 is 29.7 Å². The number of aliphatic hydroxyl groups is 2. The molecule has 0 bridgehead atoms. The molecular weight excluding hydrogens is 418 g/mol. The molecule has 0 aromatic heterocycles. The second-order valence-electron chi connectivity index (χ2n) is 6.86. The Hall–Kier alpha value is -2.81. The molecule has 5 unspecified atom stereocenters. The van der Waals surface area contributed by atoms with Gasteiger partial charge in [0.05, 0.1) is 19.1 Å². The summed E-state index contributed by atoms with van der Waals surface area (Å²) in [6.07, 6.45) is -1.40. The maximum Gasteiger partial charge on any atom is 0.326 e. The molecule has 0 heterocycles. The number of carboxylic acid groups (broad SMARTS) is 2. The molecule has 5 atom stereocenters. The summed E-state index contributed by atoms with van der Waals surface area (Å²) >= 11 is 0. The number of carboxylic acids is 2. The number of hydrogen-bond donors (Lipinski definition) is 9. The highest BCUT2D eigenvalue weighted by Crippen LogP contribution is 2.04. The van der Waals surface area contributed by atoms with Crippen molar-refractivity contribution in [2.45, 2.75) is 62.9 Å². The summed E-state index contributed by atoms with van der Waals surface area (Å²) in [5, 5.41) is 43.3. The van der Waals surface area contributed by atoms with Crippen LogP contribution in [-0.2, 0) is 24.0 Å². The summed E-state index contributed by atoms with van der Waals surface area (Å²) in [5.41, 5.74) is 10.7. The number of nitrogens with two attached hydrogens (primary N) is 2. The van der Waals surface area contributed by atoms with Gasteiger partial charge in [0.15, 0.2) is 0 Å². The third-order valence-electron chi connectivity index (χ3n) is 4.17. The number of carbonyl (C=O) groups is 5. The second kappa shape index (κ2) is 14.2. The molecule has 14 nitrogen and oxygen atoms in total. The summed E-state index contributed by atoms with van der Waals surface area (Å²) in [5.74, 6) is -5.95. The number of carbonyl (C=O) groups excluding carboxylic acids is 3. The average Bonchev–Trinajstić information content (AvgIpc) is 2.68. The maximum atomic E-state index is 12.5. The molecule has 0 saturated heterocycles. The van der Waals surface area contributed by atoms with Crippen LogP contribution in [0.1, 0.15) is 32.6 Å². The minimum atomic E-state index is -1.69. The highest BCUT2D eigenvalue weighted by atomic mass is 16.4. The van der Waals surface area contributed by atoms with Crippen LogP contribution in [0.4, 0.5) is 0 Å². The Morgan fingerprint density at radius 1 is 0.903 bits per heavy atom. The fourth-order valence-electron chi connectivity index (χ4n) is 2.42. The number of unbranched alkanes of at least 4 members (excludes halogenated alkanes) is 1. The second-order valence-corrected chi connectivity index (χ2v) is 6.86. The number of rotatable bonds is 15. The lowest BCUT2D eigenvalue weighted by molar-refractivity contribution is -0.144. The molecule has 3 amide bonds. The van der Waals surface area contributed by atoms with Crippen LogP contribution in [0.2, 0.25) is 0 Å². The average molecular weight is 449 g/mol. The van der Waals surface area contributed by atoms with Crippen molar-refractivity contribution < 1.29 is 44.4 Å². The zero-order valence-corrected chi connectivity index (χ0v) is 17.1. The molecule has 11 N–H and O–H groups in total. The standard InChI is InChI=1S/C17H31N5O9/c1-8(24)13(22-14(27)9(19)7-23)16(29)21-11(6-12(25)26)15(28)20-10(17(30)31)4-2-3-5-18/h8-11,13,23-24H,2-7,18-19H2,1H3,(H,20,28)(H,21,29)(H,22,27)(H,25,26)(H,30,31). The van der Waals surface area contributed by atoms with Crippen LogP contribution < -0.4 is 27.4 Å². The lowest BCUT2D eigenvalue weighted by Gasteiger charge is -2.25. The van der Waals surface area contributed by atoms with Crippen LogP contribution in [0.25, 0.3) is 0 Å². The summed E-state index contributed by atoms with van der Waals surface area (Å²) in [4.78, 5) is 59.2. The summed E-state index contributed by atoms with van der Waals surface area (Å²) in [7, 11) is 0. The lowest BCUT2D eigenvalue weighted by Crippen LogP contribution is -2.60. The molecule has 0 spiro atoms. The highest BCUT2D eigenvalue weighted by molar-refractivity contribution is 5.95. The Balaban J connectivity index is 5.36. The van der Waals surface area contributed by atoms with Crippen LogP contribution in [0, 0.1) is 0 Å². The van der Waals surface area contributed by atoms with E-state index in [1.165, 1.54) is 0 Å². The first-order chi connectivity index (χ1) is 14.4. The van der Waals surface area contributed by atoms with Gasteiger partial charge in [-0.3, -0.25) is 19.2 Å². The Morgan fingerprint density at radius 3 is 1.94 bits per heavy atom. The van der Waals surface area contributed by atoms with Gasteiger partial charge >= 0.3 is 11.9 Å². The van der Waals surface area contributed by atoms with Crippen molar-refractivity contribution in [1.82, 2.24) is 16.0 Å². The molecule has 178 valence electrons. The van der Waals surface area contributed by atoms with Crippen LogP contribution in [0.3, 0.4) is 0 Å². The van der Waals surface area contributed by atoms with Crippen molar-refractivity contribution in [3.05, 3.63) is 0 Å². The predicted octanol–water partition coefficient (Wildman–Crippen LogP) is -4.17. The molecular formula is C17H31N5O9. The SMILES string of the molecule is CC(O)C(NC(=O)C(N)CO)C(=O)NC(CC(=O)O)C(=O)NC(CCCCN)C(=O)O. The molecule has 0 saturated carbocycles. The Kier molecular flexibility index (Phi) is 12.9. The predicted molar refractivity (Wildman–Crippen MR) is 105 cm³/mol. The van der Waals surface area contributed by atoms with Gasteiger partial charge in [-0.15, -0.1) is 0 Å². The van der Waals surface area contributed by atoms with E-state index in [4.69, 9.17) is 21.7 Å². The third-order valence-corrected chi connectivity index (χ3v) is 4.17. The number of nitrogens with one attached hydrogen (secondary N) is 3. The van der Waals surface area contributed by atoms with E-state index in [1.54, 1.807) is 0 Å². The van der Waals surface area contributed by atoms with Gasteiger partial charge in [-0.25, -0.2) is 4.79 Å². The molecule has 0 aromatic rings. The van der Waals surface area contributed by atoms with E-state index in [0.29, 0.717) is 19.4 Å². The smallest absolute Gasteiger partial charge is 0.326 e. The van der Waals surface area contributed by atoms with E-state index in [-0.39, 0.29) is 6.42 Å². The number of amides is 3. The maximum absolute atomic E-state index is 12.5. The Labute approximate surface area is 178 Å². The van der Waals surface area contributed by atoms with Crippen LogP contribution >= 0.6 is 0 Å². The largest absolute Gasteiger partial charge is 0.481 e. The fraction of sp³-hybridized carbons (Fsp3) is 0.706. The molecule has 14 heteroatoms. The van der Waals surface area contributed by atoms with Crippen molar-refractivity contribution in [2.75, 3.05) is 13.2 Å². The summed E-state index contributed by atoms with van der Waals surface area (Å²) < 4.78 is 0. The Morgan fingerprint density at radius 2 is 1.48 bits per heavy atom. The van der Waals surface area contributed by atoms with Gasteiger partial charge in [-0.1, -0.05) is 0 Å². The molecule has 0 fully saturated rings. The third kappa shape index (κ3) is 10.7. The quantitative estimate of drug-likeness (QED) is 0.108. The van der Waals surface area contributed by atoms with Crippen LogP contribution in [0.15, 0.2) is 0 Å². The zero-order chi connectivity index (χ0) is 24.1. The number of aliphatic carboxylic acids is 2. The van der Waals surface area contributed by atoms with E-state index in [2.05, 4.69) is 16.0 Å². The van der Waals surface area contributed by atoms with Gasteiger partial charge in [0.2, 0.25) is 17.7 Å². The molecule has 0 aliphatic carbocycles. The van der Waals surface area contributed by atoms with E-state index in [0.717, 1.165) is 6.92 Å². The van der Waals surface area contributed by atoms with Gasteiger partial charge in [0.1, 0.15) is 24.2 Å². The van der Waals surface area contributed by atoms with Gasteiger partial charge in [0.25, 0.3) is 0 Å². The Bertz CT molecular complexity index is 643. The number of aliphatic hydroxyl groups excluding tert-OH is 2. The van der Waals surface area contributed by atoms with E-state index in [9.17, 15) is 34.2 Å². The monoisotopic (exact) mass is 449 g/mol. The van der Waals surface area contributed by atoms with Gasteiger partial charge in [-0.2, -0.15) is 0 Å². The fourth-order valence-corrected chi connectivity index (χ4v) is 2.42. The molecule has 0 aliphatic heterocycles. The van der Waals surface area contributed by atoms with Crippen molar-refractivity contribution in [2.24, 2.45) is 11.5 Å². The van der Waals surface area contributed by atoms with Gasteiger partial charge in [0, 0.05) is 0 Å². The van der Waals surface area contributed by atoms with Gasteiger partial charge in [-0.05, 0) is 32.7 Å². The van der Waals surface area contributed by atoms with Crippen molar-refractivity contribution in [3.8, 4) is 0 Å². The molecule has 0 aliphatic rings. The first-order valence-corrected chi connectivity index (χ1v) is 9.54.